The first-order valence-electron chi connectivity index (χ1n) is 3.14. The third-order valence-electron chi connectivity index (χ3n) is 1.71. The third-order valence-corrected chi connectivity index (χ3v) is 2.99. The monoisotopic (exact) mass is 208 g/mol. The summed E-state index contributed by atoms with van der Waals surface area (Å²) >= 11 is 17.5. The Kier molecular flexibility index (Phi) is 2.69. The minimum atomic E-state index is 0.514. The zero-order valence-corrected chi connectivity index (χ0v) is 8.48. The molecule has 1 aromatic rings. The van der Waals surface area contributed by atoms with Gasteiger partial charge in [-0.05, 0) is 31.0 Å². The average molecular weight is 210 g/mol. The molecule has 0 aliphatic heterocycles. The molecule has 0 atom stereocenters. The molecule has 0 nitrogen and oxygen atoms in total. The van der Waals surface area contributed by atoms with Gasteiger partial charge in [-0.3, -0.25) is 0 Å². The summed E-state index contributed by atoms with van der Waals surface area (Å²) < 4.78 is 0. The van der Waals surface area contributed by atoms with Crippen molar-refractivity contribution in [3.05, 3.63) is 32.3 Å². The van der Waals surface area contributed by atoms with E-state index in [-0.39, 0.29) is 0 Å². The van der Waals surface area contributed by atoms with Gasteiger partial charge in [-0.1, -0.05) is 34.8 Å². The first kappa shape index (κ1) is 9.18. The largest absolute Gasteiger partial charge is 0.0840 e. The van der Waals surface area contributed by atoms with E-state index in [1.807, 2.05) is 13.8 Å². The Morgan fingerprint density at radius 1 is 0.909 bits per heavy atom. The van der Waals surface area contributed by atoms with Crippen LogP contribution in [0.5, 0.6) is 0 Å². The summed E-state index contributed by atoms with van der Waals surface area (Å²) in [5.74, 6) is 0. The van der Waals surface area contributed by atoms with Crippen LogP contribution >= 0.6 is 34.8 Å². The normalized spacial score (nSPS) is 10.3. The second-order valence-electron chi connectivity index (χ2n) is 2.40. The van der Waals surface area contributed by atoms with Gasteiger partial charge >= 0.3 is 0 Å². The molecule has 0 fully saturated rings. The van der Waals surface area contributed by atoms with E-state index in [2.05, 4.69) is 0 Å². The quantitative estimate of drug-likeness (QED) is 0.560. The lowest BCUT2D eigenvalue weighted by molar-refractivity contribution is 1.34. The van der Waals surface area contributed by atoms with Crippen LogP contribution in [0.1, 0.15) is 11.1 Å². The predicted molar refractivity (Wildman–Crippen MR) is 50.9 cm³/mol. The minimum Gasteiger partial charge on any atom is -0.0840 e. The Morgan fingerprint density at radius 2 is 1.45 bits per heavy atom. The van der Waals surface area contributed by atoms with Crippen molar-refractivity contribution >= 4 is 34.8 Å². The van der Waals surface area contributed by atoms with Crippen molar-refractivity contribution in [2.24, 2.45) is 0 Å². The van der Waals surface area contributed by atoms with Crippen molar-refractivity contribution in [1.29, 1.82) is 0 Å². The van der Waals surface area contributed by atoms with Gasteiger partial charge in [-0.2, -0.15) is 0 Å². The summed E-state index contributed by atoms with van der Waals surface area (Å²) in [5.41, 5.74) is 1.94. The maximum Gasteiger partial charge on any atom is 0.0625 e. The van der Waals surface area contributed by atoms with Crippen LogP contribution in [0.2, 0.25) is 15.1 Å². The summed E-state index contributed by atoms with van der Waals surface area (Å²) in [5, 5.41) is 1.77. The second kappa shape index (κ2) is 3.22. The van der Waals surface area contributed by atoms with Crippen LogP contribution in [-0.2, 0) is 0 Å². The van der Waals surface area contributed by atoms with E-state index in [4.69, 9.17) is 34.8 Å². The van der Waals surface area contributed by atoms with Crippen LogP contribution in [0.15, 0.2) is 6.07 Å². The van der Waals surface area contributed by atoms with E-state index >= 15 is 0 Å². The summed E-state index contributed by atoms with van der Waals surface area (Å²) in [6, 6.07) is 1.66. The number of hydrogen-bond donors (Lipinski definition) is 0. The standard InChI is InChI=1S/C8H7Cl3/c1-4-5(2)8(11)7(10)3-6(4)9/h3H,1-2H3. The van der Waals surface area contributed by atoms with Gasteiger partial charge in [-0.15, -0.1) is 0 Å². The number of halogens is 3. The van der Waals surface area contributed by atoms with E-state index in [0.29, 0.717) is 15.1 Å². The van der Waals surface area contributed by atoms with Crippen LogP contribution in [0.3, 0.4) is 0 Å². The van der Waals surface area contributed by atoms with Gasteiger partial charge in [0.1, 0.15) is 0 Å². The van der Waals surface area contributed by atoms with Gasteiger partial charge in [0, 0.05) is 5.02 Å². The highest BCUT2D eigenvalue weighted by Crippen LogP contribution is 2.32. The maximum absolute atomic E-state index is 5.86. The third kappa shape index (κ3) is 1.64. The van der Waals surface area contributed by atoms with Gasteiger partial charge < -0.3 is 0 Å². The van der Waals surface area contributed by atoms with Crippen LogP contribution in [0.25, 0.3) is 0 Å². The summed E-state index contributed by atoms with van der Waals surface area (Å²) in [7, 11) is 0. The number of benzene rings is 1. The fraction of sp³-hybridized carbons (Fsp3) is 0.250. The fourth-order valence-electron chi connectivity index (χ4n) is 0.806. The van der Waals surface area contributed by atoms with E-state index < -0.39 is 0 Å². The molecule has 0 amide bonds. The SMILES string of the molecule is Cc1c(Cl)cc(Cl)c(Cl)c1C. The van der Waals surface area contributed by atoms with Crippen molar-refractivity contribution < 1.29 is 0 Å². The Bertz CT molecular complexity index is 266. The predicted octanol–water partition coefficient (Wildman–Crippen LogP) is 4.26. The van der Waals surface area contributed by atoms with E-state index in [0.717, 1.165) is 11.1 Å². The molecule has 1 rings (SSSR count). The zero-order chi connectivity index (χ0) is 8.59. The highest BCUT2D eigenvalue weighted by molar-refractivity contribution is 6.43. The van der Waals surface area contributed by atoms with Gasteiger partial charge in [-0.25, -0.2) is 0 Å². The summed E-state index contributed by atoms with van der Waals surface area (Å²) in [4.78, 5) is 0. The average Bonchev–Trinajstić information content (AvgIpc) is 1.97. The number of rotatable bonds is 0. The highest BCUT2D eigenvalue weighted by atomic mass is 35.5. The molecule has 0 spiro atoms. The van der Waals surface area contributed by atoms with Gasteiger partial charge in [0.25, 0.3) is 0 Å². The Hall–Kier alpha value is 0.0900. The first-order chi connectivity index (χ1) is 5.04. The molecule has 3 heteroatoms. The summed E-state index contributed by atoms with van der Waals surface area (Å²) in [6.45, 7) is 3.81. The van der Waals surface area contributed by atoms with Crippen molar-refractivity contribution in [1.82, 2.24) is 0 Å². The van der Waals surface area contributed by atoms with Crippen LogP contribution < -0.4 is 0 Å². The maximum atomic E-state index is 5.86. The molecule has 0 heterocycles. The molecular weight excluding hydrogens is 202 g/mol. The lowest BCUT2D eigenvalue weighted by Gasteiger charge is -2.06. The smallest absolute Gasteiger partial charge is 0.0625 e. The minimum absolute atomic E-state index is 0.514. The summed E-state index contributed by atoms with van der Waals surface area (Å²) in [6.07, 6.45) is 0. The second-order valence-corrected chi connectivity index (χ2v) is 3.60. The highest BCUT2D eigenvalue weighted by Gasteiger charge is 2.07. The molecule has 60 valence electrons. The molecule has 0 unspecified atom stereocenters. The zero-order valence-electron chi connectivity index (χ0n) is 6.21. The molecule has 0 bridgehead atoms. The van der Waals surface area contributed by atoms with Crippen LogP contribution in [0, 0.1) is 13.8 Å². The van der Waals surface area contributed by atoms with Crippen molar-refractivity contribution in [3.8, 4) is 0 Å². The number of hydrogen-bond acceptors (Lipinski definition) is 0. The van der Waals surface area contributed by atoms with E-state index in [1.165, 1.54) is 0 Å². The molecule has 0 saturated heterocycles. The van der Waals surface area contributed by atoms with Crippen molar-refractivity contribution in [3.63, 3.8) is 0 Å². The van der Waals surface area contributed by atoms with Gasteiger partial charge in [0.05, 0.1) is 10.0 Å². The molecule has 0 aliphatic rings. The molecule has 0 aromatic heterocycles. The van der Waals surface area contributed by atoms with Crippen molar-refractivity contribution in [2.75, 3.05) is 0 Å². The van der Waals surface area contributed by atoms with E-state index in [1.54, 1.807) is 6.07 Å². The van der Waals surface area contributed by atoms with Crippen LogP contribution in [0.4, 0.5) is 0 Å². The molecule has 0 saturated carbocycles. The topological polar surface area (TPSA) is 0 Å². The van der Waals surface area contributed by atoms with Gasteiger partial charge in [0.15, 0.2) is 0 Å². The lowest BCUT2D eigenvalue weighted by atomic mass is 10.1. The molecular formula is C8H7Cl3. The first-order valence-corrected chi connectivity index (χ1v) is 4.28. The van der Waals surface area contributed by atoms with Crippen LogP contribution in [-0.4, -0.2) is 0 Å². The lowest BCUT2D eigenvalue weighted by Crippen LogP contribution is -1.84. The fourth-order valence-corrected chi connectivity index (χ4v) is 1.56. The van der Waals surface area contributed by atoms with Gasteiger partial charge in [0.2, 0.25) is 0 Å². The Balaban J connectivity index is 3.46. The molecule has 0 radical (unpaired) electrons. The molecule has 0 N–H and O–H groups in total. The van der Waals surface area contributed by atoms with Crippen molar-refractivity contribution in [2.45, 2.75) is 13.8 Å². The Labute approximate surface area is 81.1 Å². The molecule has 0 aliphatic carbocycles. The Morgan fingerprint density at radius 3 is 2.00 bits per heavy atom. The molecule has 11 heavy (non-hydrogen) atoms. The molecule has 1 aromatic carbocycles. The van der Waals surface area contributed by atoms with E-state index in [9.17, 15) is 0 Å².